The number of aromatic nitrogens is 2. The molecule has 1 aliphatic rings. The van der Waals surface area contributed by atoms with Crippen LogP contribution in [0.1, 0.15) is 5.56 Å². The van der Waals surface area contributed by atoms with Crippen LogP contribution >= 0.6 is 0 Å². The highest BCUT2D eigenvalue weighted by Crippen LogP contribution is 2.09. The Morgan fingerprint density at radius 1 is 1.36 bits per heavy atom. The average molecular weight is 300 g/mol. The lowest BCUT2D eigenvalue weighted by molar-refractivity contribution is 0.489. The molecule has 1 aromatic carbocycles. The van der Waals surface area contributed by atoms with Gasteiger partial charge in [0.25, 0.3) is 0 Å². The Labute approximate surface area is 124 Å². The number of rotatable bonds is 2. The lowest BCUT2D eigenvalue weighted by Crippen LogP contribution is -2.46. The number of ether oxygens (including phenoxy) is 1. The number of halogens is 1. The molecule has 0 saturated heterocycles. The van der Waals surface area contributed by atoms with Crippen molar-refractivity contribution in [2.75, 3.05) is 0 Å². The molecule has 112 valence electrons. The second-order valence-corrected chi connectivity index (χ2v) is 4.83. The molecular formula is C15H13FN4O2. The second kappa shape index (κ2) is 5.44. The minimum Gasteiger partial charge on any atom is -0.421 e. The van der Waals surface area contributed by atoms with Gasteiger partial charge in [-0.2, -0.15) is 0 Å². The molecule has 2 aromatic rings. The van der Waals surface area contributed by atoms with Crippen LogP contribution < -0.4 is 21.6 Å². The van der Waals surface area contributed by atoms with Gasteiger partial charge in [-0.15, -0.1) is 5.10 Å². The van der Waals surface area contributed by atoms with E-state index in [1.807, 2.05) is 0 Å². The Morgan fingerprint density at radius 3 is 2.82 bits per heavy atom. The summed E-state index contributed by atoms with van der Waals surface area (Å²) in [6, 6.07) is 6.03. The summed E-state index contributed by atoms with van der Waals surface area (Å²) >= 11 is 0. The number of hydrogen-bond donors (Lipinski definition) is 1. The maximum absolute atomic E-state index is 12.9. The van der Waals surface area contributed by atoms with Crippen molar-refractivity contribution in [2.45, 2.75) is 6.42 Å². The van der Waals surface area contributed by atoms with Gasteiger partial charge in [0.1, 0.15) is 5.82 Å². The van der Waals surface area contributed by atoms with Crippen molar-refractivity contribution < 1.29 is 9.13 Å². The smallest absolute Gasteiger partial charge is 0.245 e. The summed E-state index contributed by atoms with van der Waals surface area (Å²) < 4.78 is 19.9. The number of hydrazone groups is 1. The number of benzene rings is 1. The molecule has 3 rings (SSSR count). The van der Waals surface area contributed by atoms with Gasteiger partial charge in [-0.1, -0.05) is 18.7 Å². The van der Waals surface area contributed by atoms with Crippen molar-refractivity contribution in [1.82, 2.24) is 15.0 Å². The maximum atomic E-state index is 12.9. The van der Waals surface area contributed by atoms with Crippen molar-refractivity contribution in [3.63, 3.8) is 0 Å². The van der Waals surface area contributed by atoms with Crippen molar-refractivity contribution in [1.29, 1.82) is 0 Å². The molecule has 7 heteroatoms. The standard InChI is InChI=1S/C15H13FN4O2/c1-9-14(21)13(17-8-20(9)2)15-19-18-12(22-15)7-10-3-5-11(16)6-4-10/h3-6,8,19H,1,7H2,2H3. The van der Waals surface area contributed by atoms with E-state index in [-0.39, 0.29) is 22.5 Å². The van der Waals surface area contributed by atoms with E-state index in [0.717, 1.165) is 5.56 Å². The predicted octanol–water partition coefficient (Wildman–Crippen LogP) is -0.429. The van der Waals surface area contributed by atoms with Gasteiger partial charge in [-0.25, -0.2) is 14.8 Å². The van der Waals surface area contributed by atoms with E-state index >= 15 is 0 Å². The van der Waals surface area contributed by atoms with Crippen LogP contribution in [0.4, 0.5) is 4.39 Å². The van der Waals surface area contributed by atoms with Gasteiger partial charge in [-0.05, 0) is 17.7 Å². The van der Waals surface area contributed by atoms with E-state index in [0.29, 0.717) is 17.7 Å². The topological polar surface area (TPSA) is 68.5 Å². The van der Waals surface area contributed by atoms with Crippen LogP contribution in [0.5, 0.6) is 0 Å². The molecule has 0 spiro atoms. The lowest BCUT2D eigenvalue weighted by Gasteiger charge is -2.02. The predicted molar refractivity (Wildman–Crippen MR) is 79.4 cm³/mol. The summed E-state index contributed by atoms with van der Waals surface area (Å²) in [6.07, 6.45) is 1.86. The number of nitrogens with one attached hydrogen (secondary N) is 1. The molecule has 2 heterocycles. The second-order valence-electron chi connectivity index (χ2n) is 4.83. The van der Waals surface area contributed by atoms with E-state index < -0.39 is 0 Å². The molecule has 0 unspecified atom stereocenters. The van der Waals surface area contributed by atoms with Crippen LogP contribution in [-0.2, 0) is 18.2 Å². The molecule has 22 heavy (non-hydrogen) atoms. The first-order chi connectivity index (χ1) is 10.5. The van der Waals surface area contributed by atoms with Crippen LogP contribution in [0.25, 0.3) is 12.5 Å². The molecule has 1 aliphatic heterocycles. The molecule has 6 nitrogen and oxygen atoms in total. The van der Waals surface area contributed by atoms with Gasteiger partial charge in [-0.3, -0.25) is 4.79 Å². The summed E-state index contributed by atoms with van der Waals surface area (Å²) in [5, 5.41) is 4.44. The molecule has 1 N–H and O–H groups in total. The fraction of sp³-hybridized carbons (Fsp3) is 0.133. The third-order valence-electron chi connectivity index (χ3n) is 3.25. The van der Waals surface area contributed by atoms with Gasteiger partial charge in [0.15, 0.2) is 5.35 Å². The Morgan fingerprint density at radius 2 is 2.09 bits per heavy atom. The summed E-state index contributed by atoms with van der Waals surface area (Å²) in [5.74, 6) is 0.248. The van der Waals surface area contributed by atoms with Gasteiger partial charge in [0.05, 0.1) is 18.1 Å². The summed E-state index contributed by atoms with van der Waals surface area (Å²) in [5.41, 5.74) is 3.17. The molecule has 0 saturated carbocycles. The highest BCUT2D eigenvalue weighted by molar-refractivity contribution is 5.84. The highest BCUT2D eigenvalue weighted by atomic mass is 19.1. The van der Waals surface area contributed by atoms with Crippen LogP contribution in [0, 0.1) is 5.82 Å². The zero-order valence-electron chi connectivity index (χ0n) is 11.8. The van der Waals surface area contributed by atoms with Crippen molar-refractivity contribution in [2.24, 2.45) is 12.1 Å². The number of hydrogen-bond acceptors (Lipinski definition) is 5. The summed E-state index contributed by atoms with van der Waals surface area (Å²) in [4.78, 5) is 16.1. The minimum absolute atomic E-state index is 0.126. The first-order valence-electron chi connectivity index (χ1n) is 6.54. The third-order valence-corrected chi connectivity index (χ3v) is 3.25. The Kier molecular flexibility index (Phi) is 3.46. The summed E-state index contributed by atoms with van der Waals surface area (Å²) in [6.45, 7) is 3.69. The number of aryl methyl sites for hydroxylation is 1. The fourth-order valence-electron chi connectivity index (χ4n) is 1.96. The van der Waals surface area contributed by atoms with E-state index in [1.165, 1.54) is 23.0 Å². The molecule has 0 amide bonds. The summed E-state index contributed by atoms with van der Waals surface area (Å²) in [7, 11) is 1.69. The molecule has 0 fully saturated rings. The fourth-order valence-corrected chi connectivity index (χ4v) is 1.96. The van der Waals surface area contributed by atoms with Crippen LogP contribution in [-0.4, -0.2) is 15.4 Å². The average Bonchev–Trinajstić information content (AvgIpc) is 2.96. The normalized spacial score (nSPS) is 16.0. The Balaban J connectivity index is 1.87. The van der Waals surface area contributed by atoms with Crippen LogP contribution in [0.3, 0.4) is 0 Å². The molecule has 0 atom stereocenters. The minimum atomic E-state index is -0.328. The number of nitrogens with zero attached hydrogens (tertiary/aromatic N) is 3. The molecule has 0 radical (unpaired) electrons. The zero-order chi connectivity index (χ0) is 15.7. The van der Waals surface area contributed by atoms with Crippen LogP contribution in [0.2, 0.25) is 0 Å². The Hall–Kier alpha value is -2.96. The van der Waals surface area contributed by atoms with E-state index in [2.05, 4.69) is 22.1 Å². The van der Waals surface area contributed by atoms with Crippen molar-refractivity contribution in [3.8, 4) is 0 Å². The van der Waals surface area contributed by atoms with Gasteiger partial charge in [0, 0.05) is 7.05 Å². The molecule has 0 bridgehead atoms. The third kappa shape index (κ3) is 2.60. The van der Waals surface area contributed by atoms with Gasteiger partial charge in [0.2, 0.25) is 17.2 Å². The molecule has 0 aliphatic carbocycles. The van der Waals surface area contributed by atoms with Gasteiger partial charge < -0.3 is 9.30 Å². The Bertz CT molecular complexity index is 916. The maximum Gasteiger partial charge on any atom is 0.245 e. The molecule has 1 aromatic heterocycles. The largest absolute Gasteiger partial charge is 0.421 e. The zero-order valence-corrected chi connectivity index (χ0v) is 11.8. The SMILES string of the molecule is C=c1c(=O)c(=C2NN=C(Cc3ccc(F)cc3)O2)ncn1C. The molecular weight excluding hydrogens is 287 g/mol. The van der Waals surface area contributed by atoms with E-state index in [9.17, 15) is 9.18 Å². The van der Waals surface area contributed by atoms with E-state index in [4.69, 9.17) is 4.74 Å². The highest BCUT2D eigenvalue weighted by Gasteiger charge is 2.16. The van der Waals surface area contributed by atoms with Gasteiger partial charge >= 0.3 is 0 Å². The monoisotopic (exact) mass is 300 g/mol. The van der Waals surface area contributed by atoms with Crippen molar-refractivity contribution >= 4 is 18.4 Å². The van der Waals surface area contributed by atoms with E-state index in [1.54, 1.807) is 19.2 Å². The van der Waals surface area contributed by atoms with Crippen molar-refractivity contribution in [3.05, 3.63) is 62.9 Å². The van der Waals surface area contributed by atoms with Crippen LogP contribution in [0.15, 0.2) is 40.5 Å². The quantitative estimate of drug-likeness (QED) is 0.817. The first kappa shape index (κ1) is 14.0. The first-order valence-corrected chi connectivity index (χ1v) is 6.54. The lowest BCUT2D eigenvalue weighted by atomic mass is 10.1.